The Labute approximate surface area is 164 Å². The van der Waals surface area contributed by atoms with Crippen molar-refractivity contribution >= 4 is 17.5 Å². The number of carbonyl (C=O) groups excluding carboxylic acids is 1. The average Bonchev–Trinajstić information content (AvgIpc) is 3.10. The van der Waals surface area contributed by atoms with Gasteiger partial charge >= 0.3 is 0 Å². The Morgan fingerprint density at radius 3 is 3.07 bits per heavy atom. The molecule has 1 aromatic carbocycles. The number of aromatic nitrogens is 2. The van der Waals surface area contributed by atoms with Crippen LogP contribution in [0.3, 0.4) is 0 Å². The van der Waals surface area contributed by atoms with Crippen LogP contribution < -0.4 is 5.32 Å². The van der Waals surface area contributed by atoms with Crippen LogP contribution in [0.1, 0.15) is 18.7 Å². The summed E-state index contributed by atoms with van der Waals surface area (Å²) in [5.41, 5.74) is 0.828. The predicted octanol–water partition coefficient (Wildman–Crippen LogP) is 2.28. The SMILES string of the molecule is CN(C)CCNC(=O)C1CCCN(Cc2nc(-c3cccc(Cl)c3)no2)C1. The van der Waals surface area contributed by atoms with E-state index in [4.69, 9.17) is 16.1 Å². The third-order valence-corrected chi connectivity index (χ3v) is 4.88. The number of likely N-dealkylation sites (tertiary alicyclic amines) is 1. The molecule has 2 aromatic rings. The zero-order chi connectivity index (χ0) is 19.2. The Balaban J connectivity index is 1.54. The second-order valence-electron chi connectivity index (χ2n) is 7.19. The van der Waals surface area contributed by atoms with E-state index < -0.39 is 0 Å². The number of hydrogen-bond acceptors (Lipinski definition) is 6. The molecule has 1 aliphatic heterocycles. The minimum absolute atomic E-state index is 0.0104. The molecule has 1 saturated heterocycles. The van der Waals surface area contributed by atoms with E-state index >= 15 is 0 Å². The Hall–Kier alpha value is -1.96. The molecule has 1 aliphatic rings. The zero-order valence-corrected chi connectivity index (χ0v) is 16.6. The molecule has 0 radical (unpaired) electrons. The van der Waals surface area contributed by atoms with Gasteiger partial charge in [0, 0.05) is 30.2 Å². The first kappa shape index (κ1) is 19.8. The molecule has 2 heterocycles. The number of amides is 1. The van der Waals surface area contributed by atoms with Crippen LogP contribution in [-0.2, 0) is 11.3 Å². The second-order valence-corrected chi connectivity index (χ2v) is 7.63. The Kier molecular flexibility index (Phi) is 6.82. The summed E-state index contributed by atoms with van der Waals surface area (Å²) in [7, 11) is 3.99. The summed E-state index contributed by atoms with van der Waals surface area (Å²) in [6.07, 6.45) is 1.91. The maximum atomic E-state index is 12.4. The molecule has 1 fully saturated rings. The van der Waals surface area contributed by atoms with Gasteiger partial charge in [0.15, 0.2) is 0 Å². The average molecular weight is 392 g/mol. The summed E-state index contributed by atoms with van der Waals surface area (Å²) in [5, 5.41) is 7.71. The quantitative estimate of drug-likeness (QED) is 0.780. The van der Waals surface area contributed by atoms with Crippen molar-refractivity contribution in [2.45, 2.75) is 19.4 Å². The third-order valence-electron chi connectivity index (χ3n) is 4.64. The van der Waals surface area contributed by atoms with Gasteiger partial charge in [-0.1, -0.05) is 28.9 Å². The monoisotopic (exact) mass is 391 g/mol. The van der Waals surface area contributed by atoms with Crippen LogP contribution in [0, 0.1) is 5.92 Å². The largest absolute Gasteiger partial charge is 0.355 e. The molecule has 1 N–H and O–H groups in total. The van der Waals surface area contributed by atoms with Gasteiger partial charge in [0.25, 0.3) is 0 Å². The number of halogens is 1. The zero-order valence-electron chi connectivity index (χ0n) is 15.8. The predicted molar refractivity (Wildman–Crippen MR) is 104 cm³/mol. The van der Waals surface area contributed by atoms with Gasteiger partial charge in [0.2, 0.25) is 17.6 Å². The lowest BCUT2D eigenvalue weighted by atomic mass is 9.97. The maximum Gasteiger partial charge on any atom is 0.241 e. The minimum atomic E-state index is 0.0104. The molecule has 0 bridgehead atoms. The van der Waals surface area contributed by atoms with Crippen LogP contribution in [0.25, 0.3) is 11.4 Å². The van der Waals surface area contributed by atoms with Gasteiger partial charge < -0.3 is 14.7 Å². The van der Waals surface area contributed by atoms with E-state index in [9.17, 15) is 4.79 Å². The van der Waals surface area contributed by atoms with Crippen molar-refractivity contribution in [3.05, 3.63) is 35.2 Å². The summed E-state index contributed by atoms with van der Waals surface area (Å²) in [5.74, 6) is 1.23. The first-order chi connectivity index (χ1) is 13.0. The van der Waals surface area contributed by atoms with Gasteiger partial charge in [-0.3, -0.25) is 9.69 Å². The highest BCUT2D eigenvalue weighted by Gasteiger charge is 2.26. The van der Waals surface area contributed by atoms with Gasteiger partial charge in [-0.05, 0) is 45.6 Å². The number of rotatable bonds is 7. The number of benzene rings is 1. The summed E-state index contributed by atoms with van der Waals surface area (Å²) >= 11 is 6.02. The molecule has 7 nitrogen and oxygen atoms in total. The van der Waals surface area contributed by atoms with Gasteiger partial charge in [-0.2, -0.15) is 4.98 Å². The first-order valence-corrected chi connectivity index (χ1v) is 9.62. The van der Waals surface area contributed by atoms with Crippen LogP contribution in [-0.4, -0.2) is 66.1 Å². The van der Waals surface area contributed by atoms with Crippen molar-refractivity contribution in [3.63, 3.8) is 0 Å². The molecule has 1 unspecified atom stereocenters. The van der Waals surface area contributed by atoms with Crippen molar-refractivity contribution < 1.29 is 9.32 Å². The Morgan fingerprint density at radius 2 is 2.30 bits per heavy atom. The van der Waals surface area contributed by atoms with Gasteiger partial charge in [0.05, 0.1) is 12.5 Å². The fraction of sp³-hybridized carbons (Fsp3) is 0.526. The molecule has 0 saturated carbocycles. The van der Waals surface area contributed by atoms with Gasteiger partial charge in [-0.25, -0.2) is 0 Å². The molecule has 0 aliphatic carbocycles. The lowest BCUT2D eigenvalue weighted by Crippen LogP contribution is -2.44. The number of hydrogen-bond donors (Lipinski definition) is 1. The highest BCUT2D eigenvalue weighted by Crippen LogP contribution is 2.22. The fourth-order valence-electron chi connectivity index (χ4n) is 3.22. The third kappa shape index (κ3) is 5.76. The van der Waals surface area contributed by atoms with Crippen molar-refractivity contribution in [1.82, 2.24) is 25.3 Å². The van der Waals surface area contributed by atoms with Crippen molar-refractivity contribution in [3.8, 4) is 11.4 Å². The second kappa shape index (κ2) is 9.30. The molecule has 3 rings (SSSR count). The standard InChI is InChI=1S/C19H26ClN5O2/c1-24(2)10-8-21-19(26)15-6-4-9-25(12-15)13-17-22-18(23-27-17)14-5-3-7-16(20)11-14/h3,5,7,11,15H,4,6,8-10,12-13H2,1-2H3,(H,21,26). The summed E-state index contributed by atoms with van der Waals surface area (Å²) in [4.78, 5) is 21.1. The number of piperidine rings is 1. The molecule has 27 heavy (non-hydrogen) atoms. The first-order valence-electron chi connectivity index (χ1n) is 9.24. The highest BCUT2D eigenvalue weighted by molar-refractivity contribution is 6.30. The Morgan fingerprint density at radius 1 is 1.44 bits per heavy atom. The normalized spacial score (nSPS) is 18.0. The lowest BCUT2D eigenvalue weighted by Gasteiger charge is -2.31. The number of nitrogens with one attached hydrogen (secondary N) is 1. The Bertz CT molecular complexity index is 764. The van der Waals surface area contributed by atoms with E-state index in [0.717, 1.165) is 31.5 Å². The summed E-state index contributed by atoms with van der Waals surface area (Å²) in [6, 6.07) is 7.38. The van der Waals surface area contributed by atoms with E-state index in [1.54, 1.807) is 0 Å². The van der Waals surface area contributed by atoms with E-state index in [1.807, 2.05) is 38.4 Å². The van der Waals surface area contributed by atoms with Gasteiger partial charge in [0.1, 0.15) is 0 Å². The van der Waals surface area contributed by atoms with E-state index in [-0.39, 0.29) is 11.8 Å². The highest BCUT2D eigenvalue weighted by atomic mass is 35.5. The van der Waals surface area contributed by atoms with Crippen molar-refractivity contribution in [2.75, 3.05) is 40.3 Å². The number of nitrogens with zero attached hydrogens (tertiary/aromatic N) is 4. The molecule has 146 valence electrons. The molecule has 8 heteroatoms. The summed E-state index contributed by atoms with van der Waals surface area (Å²) in [6.45, 7) is 3.71. The van der Waals surface area contributed by atoms with Crippen molar-refractivity contribution in [1.29, 1.82) is 0 Å². The molecular formula is C19H26ClN5O2. The molecular weight excluding hydrogens is 366 g/mol. The number of carbonyl (C=O) groups is 1. The van der Waals surface area contributed by atoms with Crippen LogP contribution in [0.2, 0.25) is 5.02 Å². The van der Waals surface area contributed by atoms with E-state index in [2.05, 4.69) is 25.3 Å². The molecule has 1 aromatic heterocycles. The maximum absolute atomic E-state index is 12.4. The van der Waals surface area contributed by atoms with Crippen LogP contribution in [0.5, 0.6) is 0 Å². The number of likely N-dealkylation sites (N-methyl/N-ethyl adjacent to an activating group) is 1. The summed E-state index contributed by atoms with van der Waals surface area (Å²) < 4.78 is 5.40. The lowest BCUT2D eigenvalue weighted by molar-refractivity contribution is -0.126. The van der Waals surface area contributed by atoms with E-state index in [1.165, 1.54) is 0 Å². The fourth-order valence-corrected chi connectivity index (χ4v) is 3.41. The van der Waals surface area contributed by atoms with Gasteiger partial charge in [-0.15, -0.1) is 0 Å². The van der Waals surface area contributed by atoms with Crippen LogP contribution >= 0.6 is 11.6 Å². The van der Waals surface area contributed by atoms with Crippen LogP contribution in [0.15, 0.2) is 28.8 Å². The topological polar surface area (TPSA) is 74.5 Å². The smallest absolute Gasteiger partial charge is 0.241 e. The van der Waals surface area contributed by atoms with Crippen molar-refractivity contribution in [2.24, 2.45) is 5.92 Å². The minimum Gasteiger partial charge on any atom is -0.355 e. The van der Waals surface area contributed by atoms with Crippen LogP contribution in [0.4, 0.5) is 0 Å². The molecule has 0 spiro atoms. The molecule has 1 atom stereocenters. The van der Waals surface area contributed by atoms with E-state index in [0.29, 0.717) is 36.4 Å². The molecule has 1 amide bonds.